The molecule has 3 heterocycles. The van der Waals surface area contributed by atoms with Crippen LogP contribution in [0.15, 0.2) is 57.7 Å². The molecule has 10 heteroatoms. The van der Waals surface area contributed by atoms with Gasteiger partial charge in [0.2, 0.25) is 17.1 Å². The number of amides is 1. The van der Waals surface area contributed by atoms with Gasteiger partial charge in [-0.3, -0.25) is 14.5 Å². The van der Waals surface area contributed by atoms with Crippen molar-refractivity contribution < 1.29 is 24.2 Å². The maximum absolute atomic E-state index is 13.2. The number of aromatic nitrogens is 2. The van der Waals surface area contributed by atoms with Crippen molar-refractivity contribution in [1.29, 1.82) is 0 Å². The third-order valence-corrected chi connectivity index (χ3v) is 7.15. The molecule has 0 aliphatic carbocycles. The zero-order valence-corrected chi connectivity index (χ0v) is 21.9. The molecule has 0 spiro atoms. The van der Waals surface area contributed by atoms with Crippen molar-refractivity contribution in [2.75, 3.05) is 20.2 Å². The summed E-state index contributed by atoms with van der Waals surface area (Å²) >= 11 is 0. The highest BCUT2D eigenvalue weighted by atomic mass is 16.5. The monoisotopic (exact) mass is 532 g/mol. The topological polar surface area (TPSA) is 141 Å². The summed E-state index contributed by atoms with van der Waals surface area (Å²) in [6.07, 6.45) is 1.51. The molecule has 0 saturated carbocycles. The number of phenolic OH excluding ortho intramolecular Hbond substituents is 1. The lowest BCUT2D eigenvalue weighted by molar-refractivity contribution is -0.122. The van der Waals surface area contributed by atoms with Crippen molar-refractivity contribution in [1.82, 2.24) is 20.2 Å². The lowest BCUT2D eigenvalue weighted by Crippen LogP contribution is -2.44. The maximum atomic E-state index is 13.2. The number of aromatic hydroxyl groups is 2. The Morgan fingerprint density at radius 2 is 1.97 bits per heavy atom. The lowest BCUT2D eigenvalue weighted by atomic mass is 9.91. The number of nitrogens with zero attached hydrogens (tertiary/aromatic N) is 2. The number of hydrogen-bond acceptors (Lipinski definition) is 8. The predicted molar refractivity (Wildman–Crippen MR) is 145 cm³/mol. The van der Waals surface area contributed by atoms with E-state index in [0.29, 0.717) is 17.9 Å². The van der Waals surface area contributed by atoms with Crippen LogP contribution in [0.2, 0.25) is 0 Å². The minimum atomic E-state index is -0.764. The van der Waals surface area contributed by atoms with Gasteiger partial charge in [0.15, 0.2) is 17.3 Å². The number of carbonyl (C=O) groups is 1. The number of methoxy groups -OCH3 is 1. The maximum Gasteiger partial charge on any atom is 0.227 e. The predicted octanol–water partition coefficient (Wildman–Crippen LogP) is 3.55. The van der Waals surface area contributed by atoms with Gasteiger partial charge in [-0.05, 0) is 49.6 Å². The number of hydrogen-bond donors (Lipinski definition) is 4. The number of aromatic amines is 1. The Labute approximate surface area is 225 Å². The molecule has 1 aliphatic rings. The van der Waals surface area contributed by atoms with E-state index in [-0.39, 0.29) is 35.6 Å². The number of imidazole rings is 1. The van der Waals surface area contributed by atoms with Gasteiger partial charge in [0, 0.05) is 31.6 Å². The fourth-order valence-electron chi connectivity index (χ4n) is 5.13. The van der Waals surface area contributed by atoms with Gasteiger partial charge in [0.25, 0.3) is 0 Å². The minimum absolute atomic E-state index is 0.00228. The van der Waals surface area contributed by atoms with E-state index in [9.17, 15) is 19.8 Å². The molecule has 10 nitrogen and oxygen atoms in total. The first-order valence-corrected chi connectivity index (χ1v) is 13.0. The van der Waals surface area contributed by atoms with Crippen LogP contribution in [0.4, 0.5) is 0 Å². The molecule has 1 amide bonds. The zero-order valence-electron chi connectivity index (χ0n) is 21.9. The molecule has 4 aromatic rings. The van der Waals surface area contributed by atoms with Crippen molar-refractivity contribution in [2.45, 2.75) is 44.7 Å². The number of rotatable bonds is 8. The van der Waals surface area contributed by atoms with Gasteiger partial charge in [-0.1, -0.05) is 18.2 Å². The van der Waals surface area contributed by atoms with Crippen LogP contribution in [0.3, 0.4) is 0 Å². The summed E-state index contributed by atoms with van der Waals surface area (Å²) in [5, 5.41) is 23.7. The normalized spacial score (nSPS) is 15.3. The number of fused-ring (bicyclic) bond motifs is 1. The number of H-pyrrole nitrogens is 1. The van der Waals surface area contributed by atoms with E-state index in [4.69, 9.17) is 9.15 Å². The second-order valence-electron chi connectivity index (χ2n) is 9.94. The third kappa shape index (κ3) is 5.91. The molecule has 204 valence electrons. The molecule has 0 radical (unpaired) electrons. The molecule has 1 aliphatic heterocycles. The fourth-order valence-corrected chi connectivity index (χ4v) is 5.13. The Hall–Kier alpha value is -4.31. The summed E-state index contributed by atoms with van der Waals surface area (Å²) < 4.78 is 11.0. The summed E-state index contributed by atoms with van der Waals surface area (Å²) in [5.41, 5.74) is 1.95. The van der Waals surface area contributed by atoms with Crippen LogP contribution in [0, 0.1) is 6.92 Å². The van der Waals surface area contributed by atoms with E-state index in [1.54, 1.807) is 19.1 Å². The first-order valence-electron chi connectivity index (χ1n) is 13.0. The number of nitrogens with one attached hydrogen (secondary N) is 2. The van der Waals surface area contributed by atoms with Crippen molar-refractivity contribution in [3.63, 3.8) is 0 Å². The number of benzene rings is 2. The molecule has 1 saturated heterocycles. The van der Waals surface area contributed by atoms with Crippen molar-refractivity contribution >= 4 is 16.9 Å². The van der Waals surface area contributed by atoms with Crippen LogP contribution in [0.5, 0.6) is 17.2 Å². The largest absolute Gasteiger partial charge is 0.504 e. The van der Waals surface area contributed by atoms with E-state index < -0.39 is 17.1 Å². The lowest BCUT2D eigenvalue weighted by Gasteiger charge is -2.32. The summed E-state index contributed by atoms with van der Waals surface area (Å²) in [6.45, 7) is 3.95. The number of phenols is 1. The summed E-state index contributed by atoms with van der Waals surface area (Å²) in [5.74, 6) is -0.136. The Bertz CT molecular complexity index is 1500. The van der Waals surface area contributed by atoms with E-state index in [1.165, 1.54) is 19.2 Å². The Balaban J connectivity index is 1.26. The zero-order chi connectivity index (χ0) is 27.5. The highest BCUT2D eigenvalue weighted by Crippen LogP contribution is 2.37. The van der Waals surface area contributed by atoms with E-state index >= 15 is 0 Å². The minimum Gasteiger partial charge on any atom is -0.504 e. The summed E-state index contributed by atoms with van der Waals surface area (Å²) in [4.78, 5) is 35.9. The van der Waals surface area contributed by atoms with Crippen molar-refractivity contribution in [2.24, 2.45) is 0 Å². The van der Waals surface area contributed by atoms with Crippen LogP contribution in [0.1, 0.15) is 48.1 Å². The standard InChI is InChI=1S/C29H32N4O6/c1-17-13-24(35)28(37)29(39-17)20(18-7-8-23(34)25(14-18)38-2)15-27(36)30-19-9-11-33(12-10-19)16-26-31-21-5-3-4-6-22(21)32-26/h3-8,13-14,19-20,34,37H,9-12,15-16H2,1-2H3,(H,30,36)(H,31,32). The average Bonchev–Trinajstić information content (AvgIpc) is 3.33. The smallest absolute Gasteiger partial charge is 0.227 e. The second-order valence-corrected chi connectivity index (χ2v) is 9.94. The molecule has 0 bridgehead atoms. The Morgan fingerprint density at radius 1 is 1.21 bits per heavy atom. The van der Waals surface area contributed by atoms with Gasteiger partial charge in [-0.2, -0.15) is 0 Å². The highest BCUT2D eigenvalue weighted by Gasteiger charge is 2.28. The number of aryl methyl sites for hydroxylation is 1. The van der Waals surface area contributed by atoms with Gasteiger partial charge < -0.3 is 29.7 Å². The summed E-state index contributed by atoms with van der Waals surface area (Å²) in [6, 6.07) is 13.8. The van der Waals surface area contributed by atoms with Gasteiger partial charge >= 0.3 is 0 Å². The first kappa shape index (κ1) is 26.3. The average molecular weight is 533 g/mol. The molecule has 1 atom stereocenters. The fraction of sp³-hybridized carbons (Fsp3) is 0.345. The number of carbonyl (C=O) groups excluding carboxylic acids is 1. The Kier molecular flexibility index (Phi) is 7.56. The van der Waals surface area contributed by atoms with Gasteiger partial charge in [-0.25, -0.2) is 4.98 Å². The molecule has 2 aromatic carbocycles. The molecule has 39 heavy (non-hydrogen) atoms. The number of para-hydroxylation sites is 2. The van der Waals surface area contributed by atoms with Gasteiger partial charge in [0.1, 0.15) is 11.6 Å². The van der Waals surface area contributed by atoms with Crippen molar-refractivity contribution in [3.05, 3.63) is 81.7 Å². The van der Waals surface area contributed by atoms with Crippen LogP contribution in [0.25, 0.3) is 11.0 Å². The van der Waals surface area contributed by atoms with Gasteiger partial charge in [-0.15, -0.1) is 0 Å². The number of piperidine rings is 1. The SMILES string of the molecule is COc1cc(C(CC(=O)NC2CCN(Cc3nc4ccccc4[nH]3)CC2)c2oc(C)cc(=O)c2O)ccc1O. The van der Waals surface area contributed by atoms with Crippen LogP contribution < -0.4 is 15.5 Å². The molecular formula is C29H32N4O6. The highest BCUT2D eigenvalue weighted by molar-refractivity contribution is 5.78. The molecule has 2 aromatic heterocycles. The first-order chi connectivity index (χ1) is 18.8. The van der Waals surface area contributed by atoms with Crippen LogP contribution >= 0.6 is 0 Å². The quantitative estimate of drug-likeness (QED) is 0.270. The summed E-state index contributed by atoms with van der Waals surface area (Å²) in [7, 11) is 1.42. The van der Waals surface area contributed by atoms with Crippen molar-refractivity contribution in [3.8, 4) is 17.2 Å². The molecular weight excluding hydrogens is 500 g/mol. The second kappa shape index (κ2) is 11.2. The van der Waals surface area contributed by atoms with Crippen LogP contribution in [-0.2, 0) is 11.3 Å². The van der Waals surface area contributed by atoms with E-state index in [1.807, 2.05) is 24.3 Å². The third-order valence-electron chi connectivity index (χ3n) is 7.15. The molecule has 5 rings (SSSR count). The van der Waals surface area contributed by atoms with Gasteiger partial charge in [0.05, 0.1) is 30.6 Å². The number of ether oxygens (including phenoxy) is 1. The number of likely N-dealkylation sites (tertiary alicyclic amines) is 1. The van der Waals surface area contributed by atoms with Crippen LogP contribution in [-0.4, -0.2) is 57.2 Å². The van der Waals surface area contributed by atoms with E-state index in [0.717, 1.165) is 42.8 Å². The van der Waals surface area contributed by atoms with E-state index in [2.05, 4.69) is 20.2 Å². The molecule has 4 N–H and O–H groups in total. The molecule has 1 unspecified atom stereocenters. The molecule has 1 fully saturated rings. The Morgan fingerprint density at radius 3 is 2.72 bits per heavy atom.